The zero-order valence-electron chi connectivity index (χ0n) is 26.2. The molecule has 3 aromatic rings. The van der Waals surface area contributed by atoms with E-state index < -0.39 is 12.0 Å². The predicted octanol–water partition coefficient (Wildman–Crippen LogP) is 3.21. The first kappa shape index (κ1) is 31.8. The molecule has 0 unspecified atom stereocenters. The average molecular weight is 636 g/mol. The highest BCUT2D eigenvalue weighted by atomic mass is 32.1. The molecule has 1 fully saturated rings. The van der Waals surface area contributed by atoms with Crippen LogP contribution in [0.25, 0.3) is 6.08 Å². The van der Waals surface area contributed by atoms with Crippen molar-refractivity contribution in [2.45, 2.75) is 45.8 Å². The summed E-state index contributed by atoms with van der Waals surface area (Å²) in [6.45, 7) is 6.68. The molecule has 2 aliphatic rings. The highest BCUT2D eigenvalue weighted by molar-refractivity contribution is 7.07. The Morgan fingerprint density at radius 3 is 2.38 bits per heavy atom. The number of allylic oxidation sites excluding steroid dienone is 1. The number of methoxy groups -OCH3 is 3. The third kappa shape index (κ3) is 6.60. The lowest BCUT2D eigenvalue weighted by molar-refractivity contribution is -0.143. The first-order valence-electron chi connectivity index (χ1n) is 14.7. The van der Waals surface area contributed by atoms with E-state index in [1.165, 1.54) is 30.1 Å². The zero-order chi connectivity index (χ0) is 32.2. The van der Waals surface area contributed by atoms with E-state index in [2.05, 4.69) is 4.99 Å². The van der Waals surface area contributed by atoms with Gasteiger partial charge < -0.3 is 28.6 Å². The Kier molecular flexibility index (Phi) is 9.62. The lowest BCUT2D eigenvalue weighted by Gasteiger charge is -2.26. The molecule has 0 N–H and O–H groups in total. The van der Waals surface area contributed by atoms with Crippen molar-refractivity contribution < 1.29 is 33.3 Å². The van der Waals surface area contributed by atoms with E-state index in [4.69, 9.17) is 23.7 Å². The van der Waals surface area contributed by atoms with Crippen LogP contribution >= 0.6 is 11.3 Å². The number of amides is 1. The summed E-state index contributed by atoms with van der Waals surface area (Å²) >= 11 is 1.20. The topological polar surface area (TPSA) is 118 Å². The van der Waals surface area contributed by atoms with E-state index >= 15 is 0 Å². The van der Waals surface area contributed by atoms with Gasteiger partial charge in [0.1, 0.15) is 17.5 Å². The van der Waals surface area contributed by atoms with Gasteiger partial charge in [-0.3, -0.25) is 14.2 Å². The maximum absolute atomic E-state index is 14.1. The van der Waals surface area contributed by atoms with Gasteiger partial charge in [0.05, 0.1) is 43.2 Å². The van der Waals surface area contributed by atoms with Crippen LogP contribution in [0.1, 0.15) is 50.8 Å². The summed E-state index contributed by atoms with van der Waals surface area (Å²) in [5.41, 5.74) is 1.57. The summed E-state index contributed by atoms with van der Waals surface area (Å²) in [6, 6.07) is 9.60. The second-order valence-corrected chi connectivity index (χ2v) is 11.9. The van der Waals surface area contributed by atoms with E-state index in [9.17, 15) is 14.4 Å². The highest BCUT2D eigenvalue weighted by Crippen LogP contribution is 2.38. The minimum atomic E-state index is -0.877. The fourth-order valence-corrected chi connectivity index (χ4v) is 6.50. The average Bonchev–Trinajstić information content (AvgIpc) is 3.67. The number of esters is 1. The number of thiazole rings is 1. The lowest BCUT2D eigenvalue weighted by Crippen LogP contribution is -2.40. The lowest BCUT2D eigenvalue weighted by atomic mass is 9.94. The molecular weight excluding hydrogens is 598 g/mol. The molecule has 0 saturated carbocycles. The third-order valence-electron chi connectivity index (χ3n) is 7.61. The maximum atomic E-state index is 14.1. The van der Waals surface area contributed by atoms with Crippen LogP contribution in [-0.4, -0.2) is 68.5 Å². The Morgan fingerprint density at radius 2 is 1.71 bits per heavy atom. The van der Waals surface area contributed by atoms with E-state index in [1.54, 1.807) is 75.3 Å². The molecule has 0 aliphatic carbocycles. The minimum Gasteiger partial charge on any atom is -0.497 e. The van der Waals surface area contributed by atoms with Crippen molar-refractivity contribution in [3.63, 3.8) is 0 Å². The van der Waals surface area contributed by atoms with Crippen molar-refractivity contribution in [1.82, 2.24) is 9.47 Å². The summed E-state index contributed by atoms with van der Waals surface area (Å²) in [7, 11) is 4.59. The summed E-state index contributed by atoms with van der Waals surface area (Å²) in [5.74, 6) is 1.24. The molecule has 2 aliphatic heterocycles. The van der Waals surface area contributed by atoms with Gasteiger partial charge in [-0.2, -0.15) is 0 Å². The van der Waals surface area contributed by atoms with E-state index in [0.717, 1.165) is 25.9 Å². The third-order valence-corrected chi connectivity index (χ3v) is 8.59. The molecule has 11 nitrogen and oxygen atoms in total. The number of aromatic nitrogens is 1. The fraction of sp³-hybridized carbons (Fsp3) is 0.394. The normalized spacial score (nSPS) is 16.4. The largest absolute Gasteiger partial charge is 0.497 e. The Balaban J connectivity index is 1.57. The molecule has 1 amide bonds. The van der Waals surface area contributed by atoms with Gasteiger partial charge >= 0.3 is 5.97 Å². The van der Waals surface area contributed by atoms with Crippen LogP contribution in [0, 0.1) is 0 Å². The molecule has 1 atom stereocenters. The van der Waals surface area contributed by atoms with Crippen molar-refractivity contribution >= 4 is 29.3 Å². The Labute approximate surface area is 265 Å². The maximum Gasteiger partial charge on any atom is 0.338 e. The number of fused-ring (bicyclic) bond motifs is 1. The molecule has 0 spiro atoms. The van der Waals surface area contributed by atoms with Gasteiger partial charge in [-0.15, -0.1) is 0 Å². The Morgan fingerprint density at radius 1 is 1.00 bits per heavy atom. The number of hydrogen-bond donors (Lipinski definition) is 0. The van der Waals surface area contributed by atoms with Crippen molar-refractivity contribution in [2.24, 2.45) is 4.99 Å². The van der Waals surface area contributed by atoms with Crippen LogP contribution in [0.5, 0.6) is 23.0 Å². The number of hydrogen-bond acceptors (Lipinski definition) is 10. The van der Waals surface area contributed by atoms with Gasteiger partial charge in [0, 0.05) is 18.7 Å². The fourth-order valence-electron chi connectivity index (χ4n) is 5.45. The molecule has 45 heavy (non-hydrogen) atoms. The van der Waals surface area contributed by atoms with Crippen molar-refractivity contribution in [1.29, 1.82) is 0 Å². The zero-order valence-corrected chi connectivity index (χ0v) is 27.1. The smallest absolute Gasteiger partial charge is 0.338 e. The van der Waals surface area contributed by atoms with Crippen molar-refractivity contribution in [3.8, 4) is 23.0 Å². The number of carbonyl (C=O) groups is 2. The standard InChI is InChI=1S/C33H37N3O8S/c1-19(2)44-32(39)29-20(3)34-33-36(30(29)23-17-22(40-4)10-12-24(23)41-5)31(38)27(45-33)16-21-9-11-25(26(15-21)42-6)43-18-28(37)35-13-7-8-14-35/h9-12,15-17,19,30H,7-8,13-14,18H2,1-6H3/b27-16-/t30-/m1/s1. The molecular formula is C33H37N3O8S. The molecule has 1 aromatic heterocycles. The summed E-state index contributed by atoms with van der Waals surface area (Å²) in [4.78, 5) is 46.9. The monoisotopic (exact) mass is 635 g/mol. The van der Waals surface area contributed by atoms with Crippen molar-refractivity contribution in [2.75, 3.05) is 41.0 Å². The molecule has 0 radical (unpaired) electrons. The van der Waals surface area contributed by atoms with Crippen molar-refractivity contribution in [3.05, 3.63) is 78.5 Å². The van der Waals surface area contributed by atoms with Gasteiger partial charge in [0.25, 0.3) is 11.5 Å². The summed E-state index contributed by atoms with van der Waals surface area (Å²) < 4.78 is 30.0. The minimum absolute atomic E-state index is 0.0612. The second kappa shape index (κ2) is 13.6. The highest BCUT2D eigenvalue weighted by Gasteiger charge is 2.36. The van der Waals surface area contributed by atoms with Crippen LogP contribution in [0.3, 0.4) is 0 Å². The number of likely N-dealkylation sites (tertiary alicyclic amines) is 1. The molecule has 3 heterocycles. The van der Waals surface area contributed by atoms with Crippen LogP contribution in [0.4, 0.5) is 0 Å². The number of rotatable bonds is 10. The number of nitrogens with zero attached hydrogens (tertiary/aromatic N) is 3. The number of ether oxygens (including phenoxy) is 5. The Hall–Kier alpha value is -4.58. The van der Waals surface area contributed by atoms with Gasteiger partial charge in [-0.25, -0.2) is 9.79 Å². The van der Waals surface area contributed by atoms with Gasteiger partial charge in [0.15, 0.2) is 22.9 Å². The van der Waals surface area contributed by atoms with Crippen LogP contribution in [0.2, 0.25) is 0 Å². The quantitative estimate of drug-likeness (QED) is 0.312. The van der Waals surface area contributed by atoms with Crippen LogP contribution in [0.15, 0.2) is 57.5 Å². The van der Waals surface area contributed by atoms with E-state index in [1.807, 2.05) is 0 Å². The molecule has 5 rings (SSSR count). The van der Waals surface area contributed by atoms with E-state index in [-0.39, 0.29) is 29.8 Å². The van der Waals surface area contributed by atoms with Gasteiger partial charge in [0.2, 0.25) is 0 Å². The first-order chi connectivity index (χ1) is 21.6. The molecule has 12 heteroatoms. The van der Waals surface area contributed by atoms with Crippen LogP contribution in [-0.2, 0) is 14.3 Å². The summed E-state index contributed by atoms with van der Waals surface area (Å²) in [5, 5.41) is 0. The molecule has 1 saturated heterocycles. The molecule has 0 bridgehead atoms. The predicted molar refractivity (Wildman–Crippen MR) is 169 cm³/mol. The van der Waals surface area contributed by atoms with Gasteiger partial charge in [-0.1, -0.05) is 17.4 Å². The van der Waals surface area contributed by atoms with Gasteiger partial charge in [-0.05, 0) is 75.6 Å². The molecule has 2 aromatic carbocycles. The first-order valence-corrected chi connectivity index (χ1v) is 15.5. The number of benzene rings is 2. The molecule has 238 valence electrons. The Bertz CT molecular complexity index is 1820. The summed E-state index contributed by atoms with van der Waals surface area (Å²) in [6.07, 6.45) is 3.37. The SMILES string of the molecule is COc1ccc(OC)c([C@@H]2C(C(=O)OC(C)C)=C(C)N=c3s/c(=C\c4ccc(OCC(=O)N5CCCC5)c(OC)c4)c(=O)n32)c1. The number of carbonyl (C=O) groups excluding carboxylic acids is 2. The van der Waals surface area contributed by atoms with E-state index in [0.29, 0.717) is 49.2 Å². The second-order valence-electron chi connectivity index (χ2n) is 10.9. The van der Waals surface area contributed by atoms with Crippen LogP contribution < -0.4 is 33.8 Å².